The Kier molecular flexibility index (Phi) is 4.45. The van der Waals surface area contributed by atoms with Gasteiger partial charge in [0.2, 0.25) is 0 Å². The topological polar surface area (TPSA) is 9.23 Å². The van der Waals surface area contributed by atoms with Crippen LogP contribution in [0.3, 0.4) is 0 Å². The summed E-state index contributed by atoms with van der Waals surface area (Å²) in [5.41, 5.74) is 0. The Hall–Kier alpha value is 0.177. The van der Waals surface area contributed by atoms with Crippen LogP contribution in [-0.2, 0) is 4.43 Å². The maximum absolute atomic E-state index is 5.19. The molecule has 0 atom stereocenters. The van der Waals surface area contributed by atoms with E-state index in [0.29, 0.717) is 6.10 Å². The molecule has 0 saturated carbocycles. The number of hydrogen-bond donors (Lipinski definition) is 0. The summed E-state index contributed by atoms with van der Waals surface area (Å²) in [4.78, 5) is 0. The highest BCUT2D eigenvalue weighted by molar-refractivity contribution is 5.98. The molecule has 44 valence electrons. The van der Waals surface area contributed by atoms with Crippen molar-refractivity contribution in [1.29, 1.82) is 0 Å². The highest BCUT2D eigenvalue weighted by Crippen LogP contribution is 1.98. The van der Waals surface area contributed by atoms with Gasteiger partial charge in [-0.25, -0.2) is 0 Å². The summed E-state index contributed by atoms with van der Waals surface area (Å²) >= 11 is 0. The zero-order valence-electron chi connectivity index (χ0n) is 5.40. The summed E-state index contributed by atoms with van der Waals surface area (Å²) in [6.07, 6.45) is 2.88. The molecule has 0 radical (unpaired) electrons. The summed E-state index contributed by atoms with van der Waals surface area (Å²) in [6.45, 7) is 4.32. The van der Waals surface area contributed by atoms with Crippen molar-refractivity contribution >= 4 is 10.5 Å². The van der Waals surface area contributed by atoms with Crippen LogP contribution in [0.2, 0.25) is 0 Å². The van der Waals surface area contributed by atoms with Gasteiger partial charge in [-0.05, 0) is 12.8 Å². The molecule has 0 bridgehead atoms. The van der Waals surface area contributed by atoms with E-state index >= 15 is 0 Å². The maximum atomic E-state index is 5.19. The third-order valence-corrected chi connectivity index (χ3v) is 1.91. The Morgan fingerprint density at radius 3 is 1.86 bits per heavy atom. The average molecular weight is 118 g/mol. The van der Waals surface area contributed by atoms with Crippen LogP contribution in [0.25, 0.3) is 0 Å². The third kappa shape index (κ3) is 2.82. The first-order chi connectivity index (χ1) is 3.35. The minimum atomic E-state index is 0.548. The minimum absolute atomic E-state index is 0.548. The molecule has 7 heavy (non-hydrogen) atoms. The van der Waals surface area contributed by atoms with E-state index < -0.39 is 0 Å². The molecule has 0 unspecified atom stereocenters. The standard InChI is InChI=1S/C5H14OSi/c1-3-5(4-2)6-7/h5H,3-4H2,1-2,7H3. The minimum Gasteiger partial charge on any atom is -0.425 e. The van der Waals surface area contributed by atoms with Crippen molar-refractivity contribution in [3.8, 4) is 0 Å². The molecule has 1 nitrogen and oxygen atoms in total. The van der Waals surface area contributed by atoms with Gasteiger partial charge in [-0.1, -0.05) is 13.8 Å². The molecule has 0 aromatic carbocycles. The van der Waals surface area contributed by atoms with E-state index in [0.717, 1.165) is 10.5 Å². The van der Waals surface area contributed by atoms with E-state index in [9.17, 15) is 0 Å². The van der Waals surface area contributed by atoms with Crippen molar-refractivity contribution in [2.24, 2.45) is 0 Å². The Morgan fingerprint density at radius 2 is 1.86 bits per heavy atom. The molecule has 0 heterocycles. The molecule has 0 rings (SSSR count). The summed E-state index contributed by atoms with van der Waals surface area (Å²) in [5, 5.41) is 0. The van der Waals surface area contributed by atoms with Crippen LogP contribution in [0.1, 0.15) is 26.7 Å². The van der Waals surface area contributed by atoms with E-state index in [4.69, 9.17) is 4.43 Å². The lowest BCUT2D eigenvalue weighted by molar-refractivity contribution is 0.212. The van der Waals surface area contributed by atoms with Gasteiger partial charge in [-0.2, -0.15) is 0 Å². The zero-order chi connectivity index (χ0) is 5.70. The van der Waals surface area contributed by atoms with Crippen molar-refractivity contribution < 1.29 is 4.43 Å². The fourth-order valence-electron chi connectivity index (χ4n) is 0.622. The average Bonchev–Trinajstić information content (AvgIpc) is 1.72. The van der Waals surface area contributed by atoms with Gasteiger partial charge in [0.05, 0.1) is 0 Å². The number of rotatable bonds is 3. The molecule has 0 saturated heterocycles. The second-order valence-electron chi connectivity index (χ2n) is 1.67. The summed E-state index contributed by atoms with van der Waals surface area (Å²) in [5.74, 6) is 0. The van der Waals surface area contributed by atoms with Gasteiger partial charge in [0.1, 0.15) is 10.5 Å². The Balaban J connectivity index is 2.99. The van der Waals surface area contributed by atoms with Crippen LogP contribution in [-0.4, -0.2) is 16.6 Å². The molecule has 0 aromatic rings. The lowest BCUT2D eigenvalue weighted by Gasteiger charge is -2.08. The summed E-state index contributed by atoms with van der Waals surface area (Å²) in [6, 6.07) is 0. The van der Waals surface area contributed by atoms with E-state index in [-0.39, 0.29) is 0 Å². The van der Waals surface area contributed by atoms with E-state index in [2.05, 4.69) is 13.8 Å². The lowest BCUT2D eigenvalue weighted by Crippen LogP contribution is -2.06. The Bertz CT molecular complexity index is 29.6. The first kappa shape index (κ1) is 7.18. The largest absolute Gasteiger partial charge is 0.425 e. The molecular formula is C5H14OSi. The normalized spacial score (nSPS) is 10.7. The second-order valence-corrected chi connectivity index (χ2v) is 2.15. The molecule has 0 aliphatic rings. The first-order valence-corrected chi connectivity index (χ1v) is 3.69. The van der Waals surface area contributed by atoms with Crippen LogP contribution in [0.4, 0.5) is 0 Å². The molecule has 0 N–H and O–H groups in total. The molecule has 0 fully saturated rings. The maximum Gasteiger partial charge on any atom is 0.146 e. The quantitative estimate of drug-likeness (QED) is 0.490. The van der Waals surface area contributed by atoms with Crippen LogP contribution in [0, 0.1) is 0 Å². The number of hydrogen-bond acceptors (Lipinski definition) is 1. The van der Waals surface area contributed by atoms with Crippen molar-refractivity contribution in [1.82, 2.24) is 0 Å². The third-order valence-electron chi connectivity index (χ3n) is 1.24. The van der Waals surface area contributed by atoms with Gasteiger partial charge >= 0.3 is 0 Å². The molecule has 0 spiro atoms. The van der Waals surface area contributed by atoms with Crippen molar-refractivity contribution in [3.63, 3.8) is 0 Å². The summed E-state index contributed by atoms with van der Waals surface area (Å²) in [7, 11) is 0.892. The predicted molar refractivity (Wildman–Crippen MR) is 35.4 cm³/mol. The highest BCUT2D eigenvalue weighted by Gasteiger charge is 1.95. The monoisotopic (exact) mass is 118 g/mol. The van der Waals surface area contributed by atoms with Gasteiger partial charge < -0.3 is 4.43 Å². The van der Waals surface area contributed by atoms with Crippen LogP contribution >= 0.6 is 0 Å². The van der Waals surface area contributed by atoms with Crippen LogP contribution in [0.5, 0.6) is 0 Å². The van der Waals surface area contributed by atoms with E-state index in [1.165, 1.54) is 12.8 Å². The van der Waals surface area contributed by atoms with E-state index in [1.807, 2.05) is 0 Å². The molecule has 0 aliphatic carbocycles. The molecule has 0 aliphatic heterocycles. The van der Waals surface area contributed by atoms with Crippen molar-refractivity contribution in [2.45, 2.75) is 32.8 Å². The van der Waals surface area contributed by atoms with Gasteiger partial charge in [0, 0.05) is 6.10 Å². The first-order valence-electron chi connectivity index (χ1n) is 2.87. The smallest absolute Gasteiger partial charge is 0.146 e. The van der Waals surface area contributed by atoms with Crippen LogP contribution < -0.4 is 0 Å². The van der Waals surface area contributed by atoms with E-state index in [1.54, 1.807) is 0 Å². The Labute approximate surface area is 48.6 Å². The molecule has 0 aromatic heterocycles. The van der Waals surface area contributed by atoms with Crippen LogP contribution in [0.15, 0.2) is 0 Å². The fourth-order valence-corrected chi connectivity index (χ4v) is 1.29. The summed E-state index contributed by atoms with van der Waals surface area (Å²) < 4.78 is 5.19. The SMILES string of the molecule is CCC(CC)O[SiH3]. The zero-order valence-corrected chi connectivity index (χ0v) is 7.40. The predicted octanol–water partition coefficient (Wildman–Crippen LogP) is 0.472. The van der Waals surface area contributed by atoms with Gasteiger partial charge in [0.25, 0.3) is 0 Å². The van der Waals surface area contributed by atoms with Gasteiger partial charge in [-0.3, -0.25) is 0 Å². The van der Waals surface area contributed by atoms with Crippen molar-refractivity contribution in [3.05, 3.63) is 0 Å². The fraction of sp³-hybridized carbons (Fsp3) is 1.00. The molecular weight excluding hydrogens is 104 g/mol. The lowest BCUT2D eigenvalue weighted by atomic mass is 10.2. The second kappa shape index (κ2) is 4.34. The molecule has 2 heteroatoms. The van der Waals surface area contributed by atoms with Crippen molar-refractivity contribution in [2.75, 3.05) is 0 Å². The highest BCUT2D eigenvalue weighted by atomic mass is 28.2. The van der Waals surface area contributed by atoms with Gasteiger partial charge in [-0.15, -0.1) is 0 Å². The molecule has 0 amide bonds. The Morgan fingerprint density at radius 1 is 1.43 bits per heavy atom. The van der Waals surface area contributed by atoms with Gasteiger partial charge in [0.15, 0.2) is 0 Å².